The summed E-state index contributed by atoms with van der Waals surface area (Å²) in [4.78, 5) is 31.2. The van der Waals surface area contributed by atoms with Crippen molar-refractivity contribution in [2.24, 2.45) is 5.73 Å². The second kappa shape index (κ2) is 9.40. The third-order valence-electron chi connectivity index (χ3n) is 4.28. The average molecular weight is 427 g/mol. The predicted octanol–water partition coefficient (Wildman–Crippen LogP) is 4.10. The smallest absolute Gasteiger partial charge is 0.404 e. The van der Waals surface area contributed by atoms with Crippen LogP contribution in [0.1, 0.15) is 36.8 Å². The third kappa shape index (κ3) is 5.15. The second-order valence-electron chi connectivity index (χ2n) is 6.78. The highest BCUT2D eigenvalue weighted by molar-refractivity contribution is 7.99. The largest absolute Gasteiger partial charge is 0.442 e. The molecule has 156 valence electrons. The lowest BCUT2D eigenvalue weighted by Crippen LogP contribution is -2.16. The molecule has 1 aromatic carbocycles. The van der Waals surface area contributed by atoms with Crippen LogP contribution in [0, 0.1) is 10.1 Å². The number of rotatable bonds is 8. The maximum Gasteiger partial charge on any atom is 0.404 e. The molecule has 0 fully saturated rings. The molecule has 0 saturated carbocycles. The number of primary amides is 1. The van der Waals surface area contributed by atoms with Crippen LogP contribution in [0.15, 0.2) is 58.7 Å². The molecule has 1 amide bonds. The van der Waals surface area contributed by atoms with Gasteiger partial charge in [-0.05, 0) is 29.7 Å². The van der Waals surface area contributed by atoms with Gasteiger partial charge in [0.15, 0.2) is 6.61 Å². The molecule has 0 saturated heterocycles. The Hall–Kier alpha value is -3.40. The highest BCUT2D eigenvalue weighted by Gasteiger charge is 2.22. The van der Waals surface area contributed by atoms with E-state index in [2.05, 4.69) is 9.97 Å². The van der Waals surface area contributed by atoms with Crippen LogP contribution in [0.25, 0.3) is 0 Å². The first kappa shape index (κ1) is 21.3. The van der Waals surface area contributed by atoms with Gasteiger partial charge in [0.25, 0.3) is 5.69 Å². The summed E-state index contributed by atoms with van der Waals surface area (Å²) in [6, 6.07) is 10.2. The van der Waals surface area contributed by atoms with Crippen molar-refractivity contribution in [3.05, 3.63) is 76.0 Å². The van der Waals surface area contributed by atoms with Crippen molar-refractivity contribution in [3.63, 3.8) is 0 Å². The fourth-order valence-electron chi connectivity index (χ4n) is 2.99. The Labute approximate surface area is 177 Å². The van der Waals surface area contributed by atoms with E-state index in [-0.39, 0.29) is 18.2 Å². The number of pyridine rings is 1. The van der Waals surface area contributed by atoms with Gasteiger partial charge in [-0.2, -0.15) is 0 Å². The zero-order chi connectivity index (χ0) is 21.7. The van der Waals surface area contributed by atoms with Gasteiger partial charge in [-0.25, -0.2) is 9.78 Å². The molecule has 0 aliphatic heterocycles. The number of carbonyl (C=O) groups excluding carboxylic acids is 1. The summed E-state index contributed by atoms with van der Waals surface area (Å²) in [5, 5.41) is 11.8. The molecule has 3 rings (SSSR count). The van der Waals surface area contributed by atoms with Crippen LogP contribution >= 0.6 is 11.8 Å². The van der Waals surface area contributed by atoms with E-state index in [0.29, 0.717) is 22.3 Å². The maximum atomic E-state index is 11.1. The van der Waals surface area contributed by atoms with Crippen LogP contribution < -0.4 is 5.73 Å². The van der Waals surface area contributed by atoms with E-state index < -0.39 is 11.0 Å². The van der Waals surface area contributed by atoms with Crippen LogP contribution in [0.4, 0.5) is 10.5 Å². The Balaban J connectivity index is 2.03. The summed E-state index contributed by atoms with van der Waals surface area (Å²) in [7, 11) is 0. The van der Waals surface area contributed by atoms with Crippen molar-refractivity contribution >= 4 is 23.5 Å². The summed E-state index contributed by atoms with van der Waals surface area (Å²) in [6.07, 6.45) is 2.53. The van der Waals surface area contributed by atoms with Gasteiger partial charge < -0.3 is 15.0 Å². The van der Waals surface area contributed by atoms with Crippen molar-refractivity contribution in [1.29, 1.82) is 0 Å². The molecule has 0 atom stereocenters. The minimum absolute atomic E-state index is 0.0135. The SMILES string of the molecule is CC(C)c1c(Sc2cccc([N+](=O)[O-])c2)nc(COC(N)=O)n1Cc1ccncc1. The summed E-state index contributed by atoms with van der Waals surface area (Å²) < 4.78 is 6.99. The minimum atomic E-state index is -0.882. The van der Waals surface area contributed by atoms with E-state index in [1.807, 2.05) is 30.5 Å². The number of nitrogens with zero attached hydrogens (tertiary/aromatic N) is 4. The van der Waals surface area contributed by atoms with E-state index in [1.54, 1.807) is 24.5 Å². The Kier molecular flexibility index (Phi) is 6.68. The van der Waals surface area contributed by atoms with Crippen LogP contribution in [-0.4, -0.2) is 25.6 Å². The molecule has 3 aromatic rings. The van der Waals surface area contributed by atoms with Crippen molar-refractivity contribution in [2.75, 3.05) is 0 Å². The number of imidazole rings is 1. The lowest BCUT2D eigenvalue weighted by molar-refractivity contribution is -0.385. The highest BCUT2D eigenvalue weighted by atomic mass is 32.2. The van der Waals surface area contributed by atoms with Crippen molar-refractivity contribution in [3.8, 4) is 0 Å². The third-order valence-corrected chi connectivity index (χ3v) is 5.26. The average Bonchev–Trinajstić information content (AvgIpc) is 3.04. The first-order valence-electron chi connectivity index (χ1n) is 9.18. The second-order valence-corrected chi connectivity index (χ2v) is 7.84. The molecule has 0 bridgehead atoms. The predicted molar refractivity (Wildman–Crippen MR) is 111 cm³/mol. The molecule has 9 nitrogen and oxygen atoms in total. The Morgan fingerprint density at radius 3 is 2.67 bits per heavy atom. The molecule has 2 N–H and O–H groups in total. The summed E-state index contributed by atoms with van der Waals surface area (Å²) in [6.45, 7) is 4.51. The number of non-ortho nitro benzene ring substituents is 1. The number of aromatic nitrogens is 3. The number of benzene rings is 1. The monoisotopic (exact) mass is 427 g/mol. The Morgan fingerprint density at radius 1 is 1.30 bits per heavy atom. The van der Waals surface area contributed by atoms with Gasteiger partial charge in [0.2, 0.25) is 0 Å². The van der Waals surface area contributed by atoms with Gasteiger partial charge in [0.05, 0.1) is 10.6 Å². The zero-order valence-corrected chi connectivity index (χ0v) is 17.3. The zero-order valence-electron chi connectivity index (χ0n) is 16.5. The van der Waals surface area contributed by atoms with Crippen LogP contribution in [0.5, 0.6) is 0 Å². The van der Waals surface area contributed by atoms with Gasteiger partial charge in [-0.15, -0.1) is 0 Å². The number of hydrogen-bond acceptors (Lipinski definition) is 7. The summed E-state index contributed by atoms with van der Waals surface area (Å²) >= 11 is 1.33. The standard InChI is InChI=1S/C20H21N5O4S/c1-13(2)18-19(30-16-5-3-4-15(10-16)25(27)28)23-17(12-29-20(21)26)24(18)11-14-6-8-22-9-7-14/h3-10,13H,11-12H2,1-2H3,(H2,21,26). The summed E-state index contributed by atoms with van der Waals surface area (Å²) in [5.74, 6) is 0.644. The number of nitro groups is 1. The van der Waals surface area contributed by atoms with E-state index >= 15 is 0 Å². The topological polar surface area (TPSA) is 126 Å². The summed E-state index contributed by atoms with van der Waals surface area (Å²) in [5.41, 5.74) is 7.10. The molecule has 0 unspecified atom stereocenters. The van der Waals surface area contributed by atoms with E-state index in [0.717, 1.165) is 11.3 Å². The van der Waals surface area contributed by atoms with Crippen molar-refractivity contribution in [1.82, 2.24) is 14.5 Å². The fraction of sp³-hybridized carbons (Fsp3) is 0.250. The maximum absolute atomic E-state index is 11.1. The minimum Gasteiger partial charge on any atom is -0.442 e. The van der Waals surface area contributed by atoms with Gasteiger partial charge in [-0.3, -0.25) is 15.1 Å². The first-order chi connectivity index (χ1) is 14.3. The molecule has 2 heterocycles. The highest BCUT2D eigenvalue weighted by Crippen LogP contribution is 2.36. The molecule has 0 aliphatic carbocycles. The van der Waals surface area contributed by atoms with Crippen LogP contribution in [0.3, 0.4) is 0 Å². The van der Waals surface area contributed by atoms with Crippen molar-refractivity contribution < 1.29 is 14.5 Å². The number of carbonyl (C=O) groups is 1. The van der Waals surface area contributed by atoms with Gasteiger partial charge in [0, 0.05) is 36.0 Å². The number of ether oxygens (including phenoxy) is 1. The molecular formula is C20H21N5O4S. The van der Waals surface area contributed by atoms with Crippen LogP contribution in [-0.2, 0) is 17.9 Å². The molecule has 0 spiro atoms. The molecule has 2 aromatic heterocycles. The number of nitrogens with two attached hydrogens (primary N) is 1. The van der Waals surface area contributed by atoms with Gasteiger partial charge in [-0.1, -0.05) is 31.7 Å². The quantitative estimate of drug-likeness (QED) is 0.423. The first-order valence-corrected chi connectivity index (χ1v) is 9.99. The lowest BCUT2D eigenvalue weighted by atomic mass is 10.1. The number of amides is 1. The Bertz CT molecular complexity index is 1050. The molecule has 0 radical (unpaired) electrons. The molecule has 0 aliphatic rings. The lowest BCUT2D eigenvalue weighted by Gasteiger charge is -2.15. The van der Waals surface area contributed by atoms with Crippen molar-refractivity contribution in [2.45, 2.75) is 42.8 Å². The van der Waals surface area contributed by atoms with E-state index in [1.165, 1.54) is 23.9 Å². The number of nitro benzene ring substituents is 1. The van der Waals surface area contributed by atoms with E-state index in [9.17, 15) is 14.9 Å². The van der Waals surface area contributed by atoms with Gasteiger partial charge >= 0.3 is 6.09 Å². The van der Waals surface area contributed by atoms with E-state index in [4.69, 9.17) is 10.5 Å². The molecule has 10 heteroatoms. The Morgan fingerprint density at radius 2 is 2.03 bits per heavy atom. The fourth-order valence-corrected chi connectivity index (χ4v) is 4.14. The molecule has 30 heavy (non-hydrogen) atoms. The normalized spacial score (nSPS) is 10.9. The van der Waals surface area contributed by atoms with Gasteiger partial charge in [0.1, 0.15) is 10.9 Å². The number of hydrogen-bond donors (Lipinski definition) is 1. The van der Waals surface area contributed by atoms with Crippen LogP contribution in [0.2, 0.25) is 0 Å². The molecular weight excluding hydrogens is 406 g/mol.